The highest BCUT2D eigenvalue weighted by atomic mass is 16.2. The van der Waals surface area contributed by atoms with Crippen molar-refractivity contribution in [1.29, 1.82) is 0 Å². The van der Waals surface area contributed by atoms with Crippen LogP contribution in [0.3, 0.4) is 0 Å². The molecule has 3 nitrogen and oxygen atoms in total. The van der Waals surface area contributed by atoms with Gasteiger partial charge in [-0.15, -0.1) is 0 Å². The Bertz CT molecular complexity index is 242. The lowest BCUT2D eigenvalue weighted by atomic mass is 10.1. The fourth-order valence-corrected chi connectivity index (χ4v) is 2.66. The number of nitrogens with zero attached hydrogens (tertiary/aromatic N) is 1. The van der Waals surface area contributed by atoms with Crippen molar-refractivity contribution in [1.82, 2.24) is 10.2 Å². The van der Waals surface area contributed by atoms with Crippen LogP contribution in [-0.2, 0) is 4.79 Å². The van der Waals surface area contributed by atoms with E-state index in [-0.39, 0.29) is 18.1 Å². The average Bonchev–Trinajstić information content (AvgIpc) is 2.61. The van der Waals surface area contributed by atoms with E-state index >= 15 is 0 Å². The second-order valence-electron chi connectivity index (χ2n) is 5.26. The second kappa shape index (κ2) is 7.00. The van der Waals surface area contributed by atoms with Crippen LogP contribution in [0.25, 0.3) is 0 Å². The van der Waals surface area contributed by atoms with Crippen LogP contribution in [-0.4, -0.2) is 29.1 Å². The molecule has 0 aromatic rings. The molecule has 3 atom stereocenters. The number of rotatable bonds is 7. The van der Waals surface area contributed by atoms with E-state index in [9.17, 15) is 4.79 Å². The molecule has 1 fully saturated rings. The molecule has 1 aliphatic heterocycles. The van der Waals surface area contributed by atoms with Crippen LogP contribution >= 0.6 is 0 Å². The van der Waals surface area contributed by atoms with Gasteiger partial charge < -0.3 is 4.90 Å². The molecule has 3 unspecified atom stereocenters. The highest BCUT2D eigenvalue weighted by Gasteiger charge is 2.37. The number of hydrogen-bond acceptors (Lipinski definition) is 2. The van der Waals surface area contributed by atoms with Gasteiger partial charge in [0.15, 0.2) is 0 Å². The number of carbonyl (C=O) groups is 1. The summed E-state index contributed by atoms with van der Waals surface area (Å²) in [5.41, 5.74) is 0. The fraction of sp³-hybridized carbons (Fsp3) is 0.929. The van der Waals surface area contributed by atoms with E-state index in [0.29, 0.717) is 6.04 Å². The molecule has 0 aromatic heterocycles. The average molecular weight is 240 g/mol. The maximum Gasteiger partial charge on any atom is 0.240 e. The van der Waals surface area contributed by atoms with Crippen molar-refractivity contribution in [2.75, 3.05) is 0 Å². The van der Waals surface area contributed by atoms with Crippen LogP contribution in [0.5, 0.6) is 0 Å². The molecule has 1 aliphatic rings. The molecule has 1 saturated heterocycles. The van der Waals surface area contributed by atoms with Gasteiger partial charge in [0.25, 0.3) is 0 Å². The van der Waals surface area contributed by atoms with Gasteiger partial charge in [-0.2, -0.15) is 0 Å². The Morgan fingerprint density at radius 1 is 1.29 bits per heavy atom. The first-order valence-electron chi connectivity index (χ1n) is 7.20. The third kappa shape index (κ3) is 3.70. The van der Waals surface area contributed by atoms with E-state index < -0.39 is 0 Å². The van der Waals surface area contributed by atoms with Crippen LogP contribution in [0.15, 0.2) is 0 Å². The molecule has 100 valence electrons. The molecule has 0 aromatic carbocycles. The van der Waals surface area contributed by atoms with Gasteiger partial charge in [0.05, 0.1) is 12.2 Å². The molecule has 1 heterocycles. The van der Waals surface area contributed by atoms with Gasteiger partial charge in [0, 0.05) is 6.04 Å². The van der Waals surface area contributed by atoms with Crippen LogP contribution in [0.4, 0.5) is 0 Å². The molecular weight excluding hydrogens is 212 g/mol. The fourth-order valence-electron chi connectivity index (χ4n) is 2.66. The summed E-state index contributed by atoms with van der Waals surface area (Å²) in [6.07, 6.45) is 7.50. The maximum atomic E-state index is 12.1. The van der Waals surface area contributed by atoms with Gasteiger partial charge in [0.1, 0.15) is 0 Å². The van der Waals surface area contributed by atoms with E-state index in [1.54, 1.807) is 0 Å². The first-order chi connectivity index (χ1) is 8.11. The summed E-state index contributed by atoms with van der Waals surface area (Å²) in [6.45, 7) is 8.52. The molecule has 0 radical (unpaired) electrons. The van der Waals surface area contributed by atoms with E-state index in [0.717, 1.165) is 12.8 Å². The van der Waals surface area contributed by atoms with Crippen molar-refractivity contribution >= 4 is 5.91 Å². The molecule has 1 amide bonds. The zero-order valence-corrected chi connectivity index (χ0v) is 11.8. The Morgan fingerprint density at radius 3 is 2.59 bits per heavy atom. The molecule has 1 rings (SSSR count). The number of amides is 1. The second-order valence-corrected chi connectivity index (χ2v) is 5.26. The lowest BCUT2D eigenvalue weighted by Gasteiger charge is -2.30. The zero-order chi connectivity index (χ0) is 12.8. The van der Waals surface area contributed by atoms with Gasteiger partial charge >= 0.3 is 0 Å². The summed E-state index contributed by atoms with van der Waals surface area (Å²) in [5, 5.41) is 3.36. The predicted octanol–water partition coefficient (Wildman–Crippen LogP) is 2.90. The first kappa shape index (κ1) is 14.5. The van der Waals surface area contributed by atoms with Crippen LogP contribution < -0.4 is 5.32 Å². The van der Waals surface area contributed by atoms with Crippen molar-refractivity contribution < 1.29 is 4.79 Å². The first-order valence-corrected chi connectivity index (χ1v) is 7.20. The summed E-state index contributed by atoms with van der Waals surface area (Å²) in [5.74, 6) is 0.278. The molecule has 17 heavy (non-hydrogen) atoms. The quantitative estimate of drug-likeness (QED) is 0.694. The number of hydrogen-bond donors (Lipinski definition) is 1. The summed E-state index contributed by atoms with van der Waals surface area (Å²) >= 11 is 0. The molecule has 0 bridgehead atoms. The Labute approximate surface area is 106 Å². The normalized spacial score (nSPS) is 26.6. The van der Waals surface area contributed by atoms with Crippen molar-refractivity contribution in [2.24, 2.45) is 0 Å². The summed E-state index contributed by atoms with van der Waals surface area (Å²) in [4.78, 5) is 14.1. The third-order valence-electron chi connectivity index (χ3n) is 3.74. The minimum Gasteiger partial charge on any atom is -0.323 e. The van der Waals surface area contributed by atoms with E-state index in [4.69, 9.17) is 0 Å². The van der Waals surface area contributed by atoms with Gasteiger partial charge in [-0.25, -0.2) is 0 Å². The maximum absolute atomic E-state index is 12.1. The monoisotopic (exact) mass is 240 g/mol. The summed E-state index contributed by atoms with van der Waals surface area (Å²) in [7, 11) is 0. The van der Waals surface area contributed by atoms with Crippen LogP contribution in [0.1, 0.15) is 66.2 Å². The molecule has 0 spiro atoms. The number of nitrogens with one attached hydrogen (secondary N) is 1. The highest BCUT2D eigenvalue weighted by molar-refractivity contribution is 5.84. The van der Waals surface area contributed by atoms with Crippen molar-refractivity contribution in [3.63, 3.8) is 0 Å². The minimum absolute atomic E-state index is 0.00181. The topological polar surface area (TPSA) is 32.3 Å². The Kier molecular flexibility index (Phi) is 5.96. The van der Waals surface area contributed by atoms with Crippen molar-refractivity contribution in [2.45, 2.75) is 84.5 Å². The Balaban J connectivity index is 2.43. The molecule has 1 N–H and O–H groups in total. The van der Waals surface area contributed by atoms with Gasteiger partial charge in [-0.3, -0.25) is 10.1 Å². The standard InChI is InChI=1S/C14H28N2O/c1-5-7-8-9-10-11(3)16-13(6-2)15-12(4)14(16)17/h11-13,15H,5-10H2,1-4H3. The minimum atomic E-state index is -0.00181. The Hall–Kier alpha value is -0.570. The van der Waals surface area contributed by atoms with Gasteiger partial charge in [-0.1, -0.05) is 39.5 Å². The molecule has 3 heteroatoms. The largest absolute Gasteiger partial charge is 0.323 e. The van der Waals surface area contributed by atoms with Crippen LogP contribution in [0, 0.1) is 0 Å². The molecule has 0 aliphatic carbocycles. The van der Waals surface area contributed by atoms with E-state index in [1.165, 1.54) is 25.7 Å². The SMILES string of the molecule is CCCCCCC(C)N1C(=O)C(C)NC1CC. The summed E-state index contributed by atoms with van der Waals surface area (Å²) < 4.78 is 0. The van der Waals surface area contributed by atoms with Crippen molar-refractivity contribution in [3.8, 4) is 0 Å². The zero-order valence-electron chi connectivity index (χ0n) is 11.8. The van der Waals surface area contributed by atoms with E-state index in [1.807, 2.05) is 6.92 Å². The lowest BCUT2D eigenvalue weighted by molar-refractivity contribution is -0.131. The van der Waals surface area contributed by atoms with E-state index in [2.05, 4.69) is 31.0 Å². The van der Waals surface area contributed by atoms with Crippen LogP contribution in [0.2, 0.25) is 0 Å². The molecular formula is C14H28N2O. The smallest absolute Gasteiger partial charge is 0.240 e. The Morgan fingerprint density at radius 2 is 2.00 bits per heavy atom. The third-order valence-corrected chi connectivity index (χ3v) is 3.74. The lowest BCUT2D eigenvalue weighted by Crippen LogP contribution is -2.42. The highest BCUT2D eigenvalue weighted by Crippen LogP contribution is 2.20. The van der Waals surface area contributed by atoms with Gasteiger partial charge in [0.2, 0.25) is 5.91 Å². The number of unbranched alkanes of at least 4 members (excludes halogenated alkanes) is 3. The number of carbonyl (C=O) groups excluding carboxylic acids is 1. The molecule has 0 saturated carbocycles. The summed E-state index contributed by atoms with van der Waals surface area (Å²) in [6, 6.07) is 0.375. The van der Waals surface area contributed by atoms with Crippen molar-refractivity contribution in [3.05, 3.63) is 0 Å². The van der Waals surface area contributed by atoms with Gasteiger partial charge in [-0.05, 0) is 26.7 Å². The predicted molar refractivity (Wildman–Crippen MR) is 71.7 cm³/mol.